The van der Waals surface area contributed by atoms with Gasteiger partial charge in [0.1, 0.15) is 5.75 Å². The molecule has 0 radical (unpaired) electrons. The van der Waals surface area contributed by atoms with Crippen LogP contribution in [0.25, 0.3) is 10.2 Å². The zero-order chi connectivity index (χ0) is 8.55. The first-order valence-corrected chi connectivity index (χ1v) is 4.57. The highest BCUT2D eigenvalue weighted by atomic mass is 32.1. The number of benzene rings is 1. The number of hydrogen-bond donors (Lipinski definition) is 0. The molecule has 0 atom stereocenters. The summed E-state index contributed by atoms with van der Waals surface area (Å²) in [5.74, 6) is 0.880. The van der Waals surface area contributed by atoms with Gasteiger partial charge in [-0.25, -0.2) is 4.98 Å². The van der Waals surface area contributed by atoms with E-state index in [1.807, 2.05) is 17.6 Å². The van der Waals surface area contributed by atoms with E-state index in [4.69, 9.17) is 4.74 Å². The molecule has 0 fully saturated rings. The number of aryl methyl sites for hydroxylation is 1. The van der Waals surface area contributed by atoms with Crippen LogP contribution in [0.4, 0.5) is 0 Å². The van der Waals surface area contributed by atoms with E-state index >= 15 is 0 Å². The molecular formula is C9H9NOS. The molecule has 0 unspecified atom stereocenters. The first-order chi connectivity index (χ1) is 5.81. The minimum Gasteiger partial charge on any atom is -0.497 e. The van der Waals surface area contributed by atoms with Gasteiger partial charge >= 0.3 is 0 Å². The SMILES string of the molecule is COc1cc(C)c2scnc2c1. The van der Waals surface area contributed by atoms with Gasteiger partial charge in [-0.2, -0.15) is 0 Å². The van der Waals surface area contributed by atoms with Crippen LogP contribution in [-0.2, 0) is 0 Å². The van der Waals surface area contributed by atoms with Crippen molar-refractivity contribution in [3.63, 3.8) is 0 Å². The summed E-state index contributed by atoms with van der Waals surface area (Å²) in [5, 5.41) is 0. The molecule has 12 heavy (non-hydrogen) atoms. The van der Waals surface area contributed by atoms with Gasteiger partial charge < -0.3 is 4.74 Å². The normalized spacial score (nSPS) is 10.5. The van der Waals surface area contributed by atoms with Crippen LogP contribution >= 0.6 is 11.3 Å². The Labute approximate surface area is 74.8 Å². The van der Waals surface area contributed by atoms with Crippen molar-refractivity contribution in [3.8, 4) is 5.75 Å². The Morgan fingerprint density at radius 3 is 3.00 bits per heavy atom. The van der Waals surface area contributed by atoms with Gasteiger partial charge in [-0.1, -0.05) is 0 Å². The van der Waals surface area contributed by atoms with Crippen LogP contribution in [0.15, 0.2) is 17.6 Å². The van der Waals surface area contributed by atoms with Gasteiger partial charge in [-0.15, -0.1) is 11.3 Å². The van der Waals surface area contributed by atoms with Crippen molar-refractivity contribution in [3.05, 3.63) is 23.2 Å². The Kier molecular flexibility index (Phi) is 1.73. The van der Waals surface area contributed by atoms with Gasteiger partial charge in [0, 0.05) is 6.07 Å². The highest BCUT2D eigenvalue weighted by molar-refractivity contribution is 7.16. The molecular weight excluding hydrogens is 170 g/mol. The zero-order valence-corrected chi connectivity index (χ0v) is 7.81. The molecule has 0 aliphatic rings. The maximum Gasteiger partial charge on any atom is 0.121 e. The molecule has 1 aromatic heterocycles. The Hall–Kier alpha value is -1.09. The lowest BCUT2D eigenvalue weighted by Crippen LogP contribution is -1.83. The molecule has 0 bridgehead atoms. The highest BCUT2D eigenvalue weighted by Gasteiger charge is 2.02. The number of methoxy groups -OCH3 is 1. The Morgan fingerprint density at radius 2 is 2.25 bits per heavy atom. The molecule has 3 heteroatoms. The maximum absolute atomic E-state index is 5.14. The number of fused-ring (bicyclic) bond motifs is 1. The second-order valence-electron chi connectivity index (χ2n) is 2.64. The third-order valence-corrected chi connectivity index (χ3v) is 2.80. The van der Waals surface area contributed by atoms with Crippen LogP contribution in [-0.4, -0.2) is 12.1 Å². The zero-order valence-electron chi connectivity index (χ0n) is 7.00. The maximum atomic E-state index is 5.14. The number of aromatic nitrogens is 1. The van der Waals surface area contributed by atoms with E-state index in [9.17, 15) is 0 Å². The first-order valence-electron chi connectivity index (χ1n) is 3.69. The molecule has 0 N–H and O–H groups in total. The molecule has 0 spiro atoms. The fourth-order valence-corrected chi connectivity index (χ4v) is 1.97. The minimum atomic E-state index is 0.880. The van der Waals surface area contributed by atoms with Crippen LogP contribution in [0.3, 0.4) is 0 Å². The molecule has 62 valence electrons. The fourth-order valence-electron chi connectivity index (χ4n) is 1.23. The van der Waals surface area contributed by atoms with Gasteiger partial charge in [0.15, 0.2) is 0 Å². The molecule has 0 aliphatic heterocycles. The van der Waals surface area contributed by atoms with E-state index < -0.39 is 0 Å². The minimum absolute atomic E-state index is 0.880. The number of rotatable bonds is 1. The van der Waals surface area contributed by atoms with Crippen molar-refractivity contribution in [2.45, 2.75) is 6.92 Å². The smallest absolute Gasteiger partial charge is 0.121 e. The third-order valence-electron chi connectivity index (χ3n) is 1.83. The highest BCUT2D eigenvalue weighted by Crippen LogP contribution is 2.26. The molecule has 1 aromatic carbocycles. The summed E-state index contributed by atoms with van der Waals surface area (Å²) in [7, 11) is 1.67. The van der Waals surface area contributed by atoms with Crippen molar-refractivity contribution in [2.75, 3.05) is 7.11 Å². The van der Waals surface area contributed by atoms with Crippen LogP contribution < -0.4 is 4.74 Å². The molecule has 2 aromatic rings. The summed E-state index contributed by atoms with van der Waals surface area (Å²) < 4.78 is 6.38. The van der Waals surface area contributed by atoms with Crippen LogP contribution in [0.5, 0.6) is 5.75 Å². The van der Waals surface area contributed by atoms with Crippen LogP contribution in [0, 0.1) is 6.92 Å². The number of ether oxygens (including phenoxy) is 1. The topological polar surface area (TPSA) is 22.1 Å². The fraction of sp³-hybridized carbons (Fsp3) is 0.222. The lowest BCUT2D eigenvalue weighted by atomic mass is 10.2. The quantitative estimate of drug-likeness (QED) is 0.671. The molecule has 1 heterocycles. The van der Waals surface area contributed by atoms with Gasteiger partial charge in [-0.3, -0.25) is 0 Å². The summed E-state index contributed by atoms with van der Waals surface area (Å²) >= 11 is 1.67. The van der Waals surface area contributed by atoms with E-state index in [2.05, 4.69) is 11.9 Å². The average molecular weight is 179 g/mol. The van der Waals surface area contributed by atoms with Gasteiger partial charge in [-0.05, 0) is 18.6 Å². The Balaban J connectivity index is 2.75. The monoisotopic (exact) mass is 179 g/mol. The van der Waals surface area contributed by atoms with E-state index in [0.717, 1.165) is 11.3 Å². The van der Waals surface area contributed by atoms with Crippen molar-refractivity contribution in [2.24, 2.45) is 0 Å². The summed E-state index contributed by atoms with van der Waals surface area (Å²) in [5.41, 5.74) is 4.11. The summed E-state index contributed by atoms with van der Waals surface area (Å²) in [4.78, 5) is 4.23. The number of thiazole rings is 1. The van der Waals surface area contributed by atoms with E-state index in [0.29, 0.717) is 0 Å². The summed E-state index contributed by atoms with van der Waals surface area (Å²) in [6, 6.07) is 3.99. The number of nitrogens with zero attached hydrogens (tertiary/aromatic N) is 1. The standard InChI is InChI=1S/C9H9NOS/c1-6-3-7(11-2)4-8-9(6)12-5-10-8/h3-5H,1-2H3. The van der Waals surface area contributed by atoms with E-state index in [1.54, 1.807) is 18.4 Å². The van der Waals surface area contributed by atoms with Gasteiger partial charge in [0.2, 0.25) is 0 Å². The largest absolute Gasteiger partial charge is 0.497 e. The molecule has 2 rings (SSSR count). The van der Waals surface area contributed by atoms with Crippen LogP contribution in [0.1, 0.15) is 5.56 Å². The van der Waals surface area contributed by atoms with Crippen molar-refractivity contribution >= 4 is 21.6 Å². The average Bonchev–Trinajstić information content (AvgIpc) is 2.52. The lowest BCUT2D eigenvalue weighted by molar-refractivity contribution is 0.415. The first kappa shape index (κ1) is 7.55. The van der Waals surface area contributed by atoms with Gasteiger partial charge in [0.25, 0.3) is 0 Å². The van der Waals surface area contributed by atoms with Crippen LogP contribution in [0.2, 0.25) is 0 Å². The second kappa shape index (κ2) is 2.75. The predicted molar refractivity (Wildman–Crippen MR) is 50.9 cm³/mol. The number of hydrogen-bond acceptors (Lipinski definition) is 3. The lowest BCUT2D eigenvalue weighted by Gasteiger charge is -2.00. The molecule has 0 amide bonds. The third kappa shape index (κ3) is 1.06. The Bertz CT molecular complexity index is 408. The summed E-state index contributed by atoms with van der Waals surface area (Å²) in [6.45, 7) is 2.07. The second-order valence-corrected chi connectivity index (χ2v) is 3.50. The van der Waals surface area contributed by atoms with Crippen molar-refractivity contribution < 1.29 is 4.74 Å². The molecule has 0 saturated carbocycles. The summed E-state index contributed by atoms with van der Waals surface area (Å²) in [6.07, 6.45) is 0. The van der Waals surface area contributed by atoms with E-state index in [1.165, 1.54) is 10.3 Å². The molecule has 2 nitrogen and oxygen atoms in total. The predicted octanol–water partition coefficient (Wildman–Crippen LogP) is 2.61. The molecule has 0 saturated heterocycles. The van der Waals surface area contributed by atoms with Gasteiger partial charge in [0.05, 0.1) is 22.8 Å². The van der Waals surface area contributed by atoms with Crippen molar-refractivity contribution in [1.82, 2.24) is 4.98 Å². The Morgan fingerprint density at radius 1 is 1.42 bits per heavy atom. The van der Waals surface area contributed by atoms with Crippen molar-refractivity contribution in [1.29, 1.82) is 0 Å². The molecule has 0 aliphatic carbocycles. The van der Waals surface area contributed by atoms with E-state index in [-0.39, 0.29) is 0 Å².